The summed E-state index contributed by atoms with van der Waals surface area (Å²) < 4.78 is 16.0. The summed E-state index contributed by atoms with van der Waals surface area (Å²) in [5.41, 5.74) is 3.29. The fraction of sp³-hybridized carbons (Fsp3) is 0.381. The van der Waals surface area contributed by atoms with Crippen LogP contribution >= 0.6 is 0 Å². The topological polar surface area (TPSA) is 98.8 Å². The molecule has 0 bridgehead atoms. The van der Waals surface area contributed by atoms with Crippen LogP contribution < -0.4 is 10.9 Å². The highest BCUT2D eigenvalue weighted by molar-refractivity contribution is 6.00. The van der Waals surface area contributed by atoms with E-state index in [0.717, 1.165) is 27.7 Å². The number of methoxy groups -OCH3 is 1. The molecule has 0 aliphatic carbocycles. The quantitative estimate of drug-likeness (QED) is 0.548. The predicted octanol–water partition coefficient (Wildman–Crippen LogP) is 2.99. The zero-order valence-electron chi connectivity index (χ0n) is 16.8. The Bertz CT molecular complexity index is 1170. The number of hydrogen-bond donors (Lipinski definition) is 1. The monoisotopic (exact) mass is 385 g/mol. The fourth-order valence-electron chi connectivity index (χ4n) is 3.39. The minimum absolute atomic E-state index is 0.189. The van der Waals surface area contributed by atoms with Gasteiger partial charge in [0.05, 0.1) is 19.1 Å². The van der Waals surface area contributed by atoms with Gasteiger partial charge in [0, 0.05) is 16.3 Å². The van der Waals surface area contributed by atoms with E-state index in [1.165, 1.54) is 14.0 Å². The first kappa shape index (κ1) is 19.7. The van der Waals surface area contributed by atoms with Crippen molar-refractivity contribution >= 4 is 33.8 Å². The molecule has 0 radical (unpaired) electrons. The smallest absolute Gasteiger partial charge is 0.340 e. The highest BCUT2D eigenvalue weighted by atomic mass is 16.5. The third-order valence-electron chi connectivity index (χ3n) is 5.21. The summed E-state index contributed by atoms with van der Waals surface area (Å²) in [5, 5.41) is 4.24. The lowest BCUT2D eigenvalue weighted by Gasteiger charge is -2.13. The molecule has 1 aromatic carbocycles. The van der Waals surface area contributed by atoms with E-state index in [2.05, 4.69) is 10.1 Å². The van der Waals surface area contributed by atoms with E-state index in [1.807, 2.05) is 26.8 Å². The SMILES string of the molecule is COC(=O)C(C)NC(=O)Cc1c(C)c2cc3c(C)c(C)oc3c(C)c2oc1=O. The summed E-state index contributed by atoms with van der Waals surface area (Å²) in [6.07, 6.45) is -0.189. The molecule has 148 valence electrons. The Morgan fingerprint density at radius 2 is 1.64 bits per heavy atom. The van der Waals surface area contributed by atoms with E-state index in [9.17, 15) is 14.4 Å². The largest absolute Gasteiger partial charge is 0.467 e. The molecule has 3 rings (SSSR count). The lowest BCUT2D eigenvalue weighted by molar-refractivity contribution is -0.144. The maximum atomic E-state index is 12.6. The van der Waals surface area contributed by atoms with Crippen LogP contribution in [-0.4, -0.2) is 25.0 Å². The molecule has 0 spiro atoms. The average molecular weight is 385 g/mol. The molecule has 3 aromatic rings. The Labute approximate surface area is 161 Å². The second-order valence-corrected chi connectivity index (χ2v) is 7.02. The molecule has 2 heterocycles. The number of nitrogens with one attached hydrogen (secondary N) is 1. The second-order valence-electron chi connectivity index (χ2n) is 7.02. The summed E-state index contributed by atoms with van der Waals surface area (Å²) in [5.74, 6) is -0.204. The summed E-state index contributed by atoms with van der Waals surface area (Å²) in [6, 6.07) is 1.13. The molecule has 1 N–H and O–H groups in total. The van der Waals surface area contributed by atoms with Gasteiger partial charge in [-0.25, -0.2) is 9.59 Å². The van der Waals surface area contributed by atoms with E-state index in [4.69, 9.17) is 8.83 Å². The van der Waals surface area contributed by atoms with Crippen LogP contribution in [0.5, 0.6) is 0 Å². The first-order chi connectivity index (χ1) is 13.1. The highest BCUT2D eigenvalue weighted by Gasteiger charge is 2.21. The Morgan fingerprint density at radius 3 is 2.29 bits per heavy atom. The van der Waals surface area contributed by atoms with Crippen LogP contribution in [0.3, 0.4) is 0 Å². The van der Waals surface area contributed by atoms with Crippen molar-refractivity contribution in [2.24, 2.45) is 0 Å². The highest BCUT2D eigenvalue weighted by Crippen LogP contribution is 2.34. The zero-order chi connectivity index (χ0) is 20.7. The average Bonchev–Trinajstić information content (AvgIpc) is 2.94. The second kappa shape index (κ2) is 7.14. The van der Waals surface area contributed by atoms with Crippen molar-refractivity contribution in [3.8, 4) is 0 Å². The van der Waals surface area contributed by atoms with Gasteiger partial charge in [-0.2, -0.15) is 0 Å². The van der Waals surface area contributed by atoms with Crippen LogP contribution in [0.1, 0.15) is 34.9 Å². The van der Waals surface area contributed by atoms with Crippen LogP contribution in [0.15, 0.2) is 19.7 Å². The third-order valence-corrected chi connectivity index (χ3v) is 5.21. The van der Waals surface area contributed by atoms with Gasteiger partial charge in [-0.05, 0) is 51.8 Å². The van der Waals surface area contributed by atoms with Crippen molar-refractivity contribution in [1.82, 2.24) is 5.32 Å². The van der Waals surface area contributed by atoms with Gasteiger partial charge in [0.25, 0.3) is 0 Å². The Hall–Kier alpha value is -3.09. The molecule has 0 aliphatic heterocycles. The van der Waals surface area contributed by atoms with Gasteiger partial charge in [0.1, 0.15) is 23.0 Å². The zero-order valence-corrected chi connectivity index (χ0v) is 16.8. The Balaban J connectivity index is 2.08. The van der Waals surface area contributed by atoms with Crippen molar-refractivity contribution < 1.29 is 23.2 Å². The molecule has 0 aliphatic rings. The van der Waals surface area contributed by atoms with Gasteiger partial charge in [0.2, 0.25) is 5.91 Å². The predicted molar refractivity (Wildman–Crippen MR) is 105 cm³/mol. The maximum absolute atomic E-state index is 12.6. The molecule has 0 saturated heterocycles. The van der Waals surface area contributed by atoms with Gasteiger partial charge in [-0.15, -0.1) is 0 Å². The Kier molecular flexibility index (Phi) is 5.02. The number of carbonyl (C=O) groups is 2. The summed E-state index contributed by atoms with van der Waals surface area (Å²) in [4.78, 5) is 36.3. The minimum Gasteiger partial charge on any atom is -0.467 e. The van der Waals surface area contributed by atoms with E-state index in [1.54, 1.807) is 6.92 Å². The van der Waals surface area contributed by atoms with Crippen LogP contribution in [-0.2, 0) is 20.7 Å². The molecule has 2 aromatic heterocycles. The molecular formula is C21H23NO6. The number of carbonyl (C=O) groups excluding carboxylic acids is 2. The molecular weight excluding hydrogens is 362 g/mol. The molecule has 7 nitrogen and oxygen atoms in total. The van der Waals surface area contributed by atoms with Crippen molar-refractivity contribution in [2.75, 3.05) is 7.11 Å². The molecule has 0 saturated carbocycles. The van der Waals surface area contributed by atoms with Crippen LogP contribution in [0, 0.1) is 27.7 Å². The number of ether oxygens (including phenoxy) is 1. The maximum Gasteiger partial charge on any atom is 0.340 e. The van der Waals surface area contributed by atoms with Gasteiger partial charge in [-0.3, -0.25) is 4.79 Å². The van der Waals surface area contributed by atoms with Crippen LogP contribution in [0.25, 0.3) is 21.9 Å². The number of benzene rings is 1. The molecule has 1 unspecified atom stereocenters. The number of fused-ring (bicyclic) bond motifs is 2. The fourth-order valence-corrected chi connectivity index (χ4v) is 3.39. The minimum atomic E-state index is -0.802. The van der Waals surface area contributed by atoms with Gasteiger partial charge < -0.3 is 18.9 Å². The standard InChI is InChI=1S/C21H23NO6/c1-9-13(5)27-18-11(3)19-15(7-14(9)18)10(2)16(21(25)28-19)8-17(23)22-12(4)20(24)26-6/h7,12H,8H2,1-6H3,(H,22,23). The lowest BCUT2D eigenvalue weighted by Crippen LogP contribution is -2.40. The van der Waals surface area contributed by atoms with Gasteiger partial charge >= 0.3 is 11.6 Å². The first-order valence-electron chi connectivity index (χ1n) is 8.98. The van der Waals surface area contributed by atoms with Gasteiger partial charge in [0.15, 0.2) is 0 Å². The third kappa shape index (κ3) is 3.17. The number of hydrogen-bond acceptors (Lipinski definition) is 6. The van der Waals surface area contributed by atoms with E-state index >= 15 is 0 Å². The van der Waals surface area contributed by atoms with Crippen LogP contribution in [0.4, 0.5) is 0 Å². The number of furan rings is 1. The summed E-state index contributed by atoms with van der Waals surface area (Å²) in [6.45, 7) is 9.02. The first-order valence-corrected chi connectivity index (χ1v) is 8.98. The van der Waals surface area contributed by atoms with Crippen molar-refractivity contribution in [1.29, 1.82) is 0 Å². The van der Waals surface area contributed by atoms with Crippen molar-refractivity contribution in [3.05, 3.63) is 44.5 Å². The van der Waals surface area contributed by atoms with E-state index in [-0.39, 0.29) is 12.0 Å². The van der Waals surface area contributed by atoms with Crippen molar-refractivity contribution in [2.45, 2.75) is 47.1 Å². The normalized spacial score (nSPS) is 12.4. The van der Waals surface area contributed by atoms with Crippen LogP contribution in [0.2, 0.25) is 0 Å². The number of amides is 1. The molecule has 1 amide bonds. The van der Waals surface area contributed by atoms with Gasteiger partial charge in [-0.1, -0.05) is 0 Å². The number of rotatable bonds is 4. The van der Waals surface area contributed by atoms with Crippen molar-refractivity contribution in [3.63, 3.8) is 0 Å². The summed E-state index contributed by atoms with van der Waals surface area (Å²) >= 11 is 0. The molecule has 28 heavy (non-hydrogen) atoms. The Morgan fingerprint density at radius 1 is 1.04 bits per heavy atom. The number of aryl methyl sites for hydroxylation is 4. The van der Waals surface area contributed by atoms with E-state index in [0.29, 0.717) is 16.7 Å². The molecule has 0 fully saturated rings. The summed E-state index contributed by atoms with van der Waals surface area (Å²) in [7, 11) is 1.25. The van der Waals surface area contributed by atoms with E-state index < -0.39 is 23.5 Å². The molecule has 1 atom stereocenters. The lowest BCUT2D eigenvalue weighted by atomic mass is 9.98. The molecule has 7 heteroatoms. The number of esters is 1.